The highest BCUT2D eigenvalue weighted by Crippen LogP contribution is 2.13. The van der Waals surface area contributed by atoms with E-state index in [4.69, 9.17) is 4.74 Å². The molecule has 0 radical (unpaired) electrons. The van der Waals surface area contributed by atoms with Crippen molar-refractivity contribution in [3.8, 4) is 5.75 Å². The molecule has 16 heavy (non-hydrogen) atoms. The minimum absolute atomic E-state index is 0.258. The smallest absolute Gasteiger partial charge is 0.267 e. The third-order valence-electron chi connectivity index (χ3n) is 2.08. The van der Waals surface area contributed by atoms with Crippen molar-refractivity contribution in [3.63, 3.8) is 0 Å². The molecule has 0 spiro atoms. The molecule has 0 fully saturated rings. The molecule has 1 N–H and O–H groups in total. The second kappa shape index (κ2) is 4.89. The first-order valence-corrected chi connectivity index (χ1v) is 5.70. The molecule has 2 heterocycles. The van der Waals surface area contributed by atoms with Gasteiger partial charge in [0, 0.05) is 17.4 Å². The van der Waals surface area contributed by atoms with Gasteiger partial charge in [0.1, 0.15) is 5.75 Å². The van der Waals surface area contributed by atoms with Gasteiger partial charge in [0.15, 0.2) is 0 Å². The Labute approximate surface area is 96.1 Å². The number of hydrogen-bond donors (Lipinski definition) is 1. The summed E-state index contributed by atoms with van der Waals surface area (Å²) in [6, 6.07) is 1.38. The van der Waals surface area contributed by atoms with Gasteiger partial charge in [-0.1, -0.05) is 0 Å². The molecule has 2 aromatic heterocycles. The quantitative estimate of drug-likeness (QED) is 0.866. The summed E-state index contributed by atoms with van der Waals surface area (Å²) < 4.78 is 5.41. The molecule has 0 saturated heterocycles. The highest BCUT2D eigenvalue weighted by molar-refractivity contribution is 7.09. The van der Waals surface area contributed by atoms with Crippen LogP contribution in [0.1, 0.15) is 10.6 Å². The van der Waals surface area contributed by atoms with E-state index >= 15 is 0 Å². The van der Waals surface area contributed by atoms with Crippen LogP contribution in [0.5, 0.6) is 5.75 Å². The lowest BCUT2D eigenvalue weighted by Gasteiger charge is -2.03. The van der Waals surface area contributed by atoms with Crippen LogP contribution in [0.2, 0.25) is 0 Å². The first-order valence-electron chi connectivity index (χ1n) is 4.82. The molecule has 6 heteroatoms. The average molecular weight is 237 g/mol. The molecule has 5 nitrogen and oxygen atoms in total. The fraction of sp³-hybridized carbons (Fsp3) is 0.300. The summed E-state index contributed by atoms with van der Waals surface area (Å²) in [6.45, 7) is 2.49. The SMILES string of the molecule is Cc1ncsc1CCOc1cn[nH]c(=O)c1. The van der Waals surface area contributed by atoms with Crippen LogP contribution in [0.4, 0.5) is 0 Å². The topological polar surface area (TPSA) is 67.9 Å². The number of H-pyrrole nitrogens is 1. The van der Waals surface area contributed by atoms with Crippen molar-refractivity contribution in [1.29, 1.82) is 0 Å². The van der Waals surface area contributed by atoms with Gasteiger partial charge in [-0.15, -0.1) is 11.3 Å². The number of aryl methyl sites for hydroxylation is 1. The van der Waals surface area contributed by atoms with Gasteiger partial charge >= 0.3 is 0 Å². The largest absolute Gasteiger partial charge is 0.491 e. The van der Waals surface area contributed by atoms with Gasteiger partial charge in [0.05, 0.1) is 24.0 Å². The monoisotopic (exact) mass is 237 g/mol. The van der Waals surface area contributed by atoms with E-state index in [2.05, 4.69) is 15.2 Å². The average Bonchev–Trinajstić information content (AvgIpc) is 2.65. The predicted molar refractivity (Wildman–Crippen MR) is 60.9 cm³/mol. The van der Waals surface area contributed by atoms with Gasteiger partial charge in [-0.2, -0.15) is 5.10 Å². The van der Waals surface area contributed by atoms with E-state index in [1.54, 1.807) is 11.3 Å². The third kappa shape index (κ3) is 2.66. The Morgan fingerprint density at radius 1 is 1.56 bits per heavy atom. The summed E-state index contributed by atoms with van der Waals surface area (Å²) in [6.07, 6.45) is 2.28. The summed E-state index contributed by atoms with van der Waals surface area (Å²) in [5, 5.41) is 5.94. The molecular formula is C10H11N3O2S. The molecule has 0 aliphatic rings. The zero-order valence-electron chi connectivity index (χ0n) is 8.77. The summed E-state index contributed by atoms with van der Waals surface area (Å²) in [5.41, 5.74) is 2.60. The molecule has 84 valence electrons. The normalized spacial score (nSPS) is 10.3. The predicted octanol–water partition coefficient (Wildman–Crippen LogP) is 1.16. The van der Waals surface area contributed by atoms with Crippen LogP contribution in [0.25, 0.3) is 0 Å². The van der Waals surface area contributed by atoms with Crippen LogP contribution in [0, 0.1) is 6.92 Å². The zero-order valence-corrected chi connectivity index (χ0v) is 9.58. The van der Waals surface area contributed by atoms with Crippen LogP contribution in [-0.2, 0) is 6.42 Å². The van der Waals surface area contributed by atoms with Crippen molar-refractivity contribution in [1.82, 2.24) is 15.2 Å². The number of nitrogens with one attached hydrogen (secondary N) is 1. The molecule has 0 atom stereocenters. The Morgan fingerprint density at radius 3 is 3.12 bits per heavy atom. The first-order chi connectivity index (χ1) is 7.75. The summed E-state index contributed by atoms with van der Waals surface area (Å²) in [5.74, 6) is 0.492. The van der Waals surface area contributed by atoms with Crippen molar-refractivity contribution < 1.29 is 4.74 Å². The van der Waals surface area contributed by atoms with E-state index in [-0.39, 0.29) is 5.56 Å². The Kier molecular flexibility index (Phi) is 3.31. The van der Waals surface area contributed by atoms with Gasteiger partial charge in [-0.25, -0.2) is 10.1 Å². The lowest BCUT2D eigenvalue weighted by atomic mass is 10.3. The number of aromatic nitrogens is 3. The molecule has 2 rings (SSSR count). The van der Waals surface area contributed by atoms with Gasteiger partial charge in [-0.3, -0.25) is 4.79 Å². The van der Waals surface area contributed by atoms with Crippen LogP contribution >= 0.6 is 11.3 Å². The summed E-state index contributed by atoms with van der Waals surface area (Å²) in [4.78, 5) is 16.3. The molecule has 0 aliphatic heterocycles. The number of aromatic amines is 1. The molecule has 2 aromatic rings. The molecule has 0 bridgehead atoms. The number of ether oxygens (including phenoxy) is 1. The van der Waals surface area contributed by atoms with Crippen molar-refractivity contribution >= 4 is 11.3 Å². The fourth-order valence-electron chi connectivity index (χ4n) is 1.26. The molecule has 0 saturated carbocycles. The Hall–Kier alpha value is -1.69. The lowest BCUT2D eigenvalue weighted by Crippen LogP contribution is -2.08. The zero-order chi connectivity index (χ0) is 11.4. The third-order valence-corrected chi connectivity index (χ3v) is 3.08. The van der Waals surface area contributed by atoms with E-state index < -0.39 is 0 Å². The first kappa shape index (κ1) is 10.8. The molecule has 0 amide bonds. The number of thiazole rings is 1. The van der Waals surface area contributed by atoms with Gasteiger partial charge < -0.3 is 4.74 Å². The maximum absolute atomic E-state index is 10.9. The van der Waals surface area contributed by atoms with Crippen molar-refractivity contribution in [3.05, 3.63) is 38.7 Å². The Bertz CT molecular complexity index is 521. The Morgan fingerprint density at radius 2 is 2.44 bits per heavy atom. The second-order valence-corrected chi connectivity index (χ2v) is 4.18. The van der Waals surface area contributed by atoms with Crippen LogP contribution < -0.4 is 10.3 Å². The number of nitrogens with zero attached hydrogens (tertiary/aromatic N) is 2. The molecular weight excluding hydrogens is 226 g/mol. The second-order valence-electron chi connectivity index (χ2n) is 3.24. The van der Waals surface area contributed by atoms with Crippen LogP contribution in [0.3, 0.4) is 0 Å². The lowest BCUT2D eigenvalue weighted by molar-refractivity contribution is 0.320. The van der Waals surface area contributed by atoms with Crippen LogP contribution in [-0.4, -0.2) is 21.8 Å². The summed E-state index contributed by atoms with van der Waals surface area (Å²) in [7, 11) is 0. The molecule has 0 unspecified atom stereocenters. The van der Waals surface area contributed by atoms with Crippen molar-refractivity contribution in [2.75, 3.05) is 6.61 Å². The summed E-state index contributed by atoms with van der Waals surface area (Å²) >= 11 is 1.61. The molecule has 0 aliphatic carbocycles. The van der Waals surface area contributed by atoms with E-state index in [9.17, 15) is 4.79 Å². The minimum Gasteiger partial charge on any atom is -0.491 e. The standard InChI is InChI=1S/C10H11N3O2S/c1-7-9(16-6-11-7)2-3-15-8-4-10(14)13-12-5-8/h4-6H,2-3H2,1H3,(H,13,14). The van der Waals surface area contributed by atoms with Gasteiger partial charge in [0.25, 0.3) is 5.56 Å². The van der Waals surface area contributed by atoms with Gasteiger partial charge in [0.2, 0.25) is 0 Å². The van der Waals surface area contributed by atoms with E-state index in [1.165, 1.54) is 17.1 Å². The molecule has 0 aromatic carbocycles. The van der Waals surface area contributed by atoms with Crippen molar-refractivity contribution in [2.45, 2.75) is 13.3 Å². The maximum atomic E-state index is 10.9. The van der Waals surface area contributed by atoms with Gasteiger partial charge in [-0.05, 0) is 6.92 Å². The highest BCUT2D eigenvalue weighted by Gasteiger charge is 2.02. The fourth-order valence-corrected chi connectivity index (χ4v) is 2.03. The van der Waals surface area contributed by atoms with Crippen molar-refractivity contribution in [2.24, 2.45) is 0 Å². The van der Waals surface area contributed by atoms with E-state index in [1.807, 2.05) is 12.4 Å². The van der Waals surface area contributed by atoms with E-state index in [0.29, 0.717) is 12.4 Å². The maximum Gasteiger partial charge on any atom is 0.267 e. The van der Waals surface area contributed by atoms with Crippen LogP contribution in [0.15, 0.2) is 22.6 Å². The Balaban J connectivity index is 1.89. The number of hydrogen-bond acceptors (Lipinski definition) is 5. The number of rotatable bonds is 4. The minimum atomic E-state index is -0.258. The highest BCUT2D eigenvalue weighted by atomic mass is 32.1. The van der Waals surface area contributed by atoms with E-state index in [0.717, 1.165) is 12.1 Å².